The van der Waals surface area contributed by atoms with Crippen LogP contribution in [0, 0.1) is 0 Å². The fraction of sp³-hybridized carbons (Fsp3) is 0.259. The summed E-state index contributed by atoms with van der Waals surface area (Å²) in [5.74, 6) is 1.24. The van der Waals surface area contributed by atoms with Crippen molar-refractivity contribution in [1.82, 2.24) is 19.9 Å². The summed E-state index contributed by atoms with van der Waals surface area (Å²) in [4.78, 5) is 19.9. The monoisotopic (exact) mass is 517 g/mol. The molecular weight excluding hydrogens is 490 g/mol. The number of fused-ring (bicyclic) bond motifs is 1. The Kier molecular flexibility index (Phi) is 7.62. The van der Waals surface area contributed by atoms with Gasteiger partial charge in [0.2, 0.25) is 0 Å². The van der Waals surface area contributed by atoms with E-state index in [-0.39, 0.29) is 6.04 Å². The highest BCUT2D eigenvalue weighted by molar-refractivity contribution is 6.32. The predicted octanol–water partition coefficient (Wildman–Crippen LogP) is 5.12. The van der Waals surface area contributed by atoms with Crippen molar-refractivity contribution in [2.75, 3.05) is 37.9 Å². The highest BCUT2D eigenvalue weighted by Crippen LogP contribution is 2.31. The number of aliphatic imine (C=N–C) groups is 1. The lowest BCUT2D eigenvalue weighted by atomic mass is 10.2. The van der Waals surface area contributed by atoms with Gasteiger partial charge >= 0.3 is 0 Å². The molecule has 2 N–H and O–H groups in total. The number of nitrogens with zero attached hydrogens (tertiary/aromatic N) is 5. The molecule has 0 amide bonds. The summed E-state index contributed by atoms with van der Waals surface area (Å²) < 4.78 is 11.6. The van der Waals surface area contributed by atoms with Crippen LogP contribution in [-0.4, -0.2) is 59.2 Å². The van der Waals surface area contributed by atoms with E-state index in [9.17, 15) is 0 Å². The Morgan fingerprint density at radius 1 is 1.03 bits per heavy atom. The topological polar surface area (TPSA) is 96.8 Å². The van der Waals surface area contributed by atoms with Gasteiger partial charge in [0.15, 0.2) is 0 Å². The minimum absolute atomic E-state index is 0.159. The van der Waals surface area contributed by atoms with E-state index in [1.165, 1.54) is 6.33 Å². The molecule has 5 rings (SSSR count). The average molecular weight is 518 g/mol. The minimum atomic E-state index is 0.159. The van der Waals surface area contributed by atoms with E-state index in [4.69, 9.17) is 21.1 Å². The van der Waals surface area contributed by atoms with Crippen LogP contribution in [-0.2, 0) is 11.3 Å². The Morgan fingerprint density at radius 3 is 2.70 bits per heavy atom. The Labute approximate surface area is 220 Å². The van der Waals surface area contributed by atoms with Crippen molar-refractivity contribution in [2.45, 2.75) is 19.1 Å². The van der Waals surface area contributed by atoms with Gasteiger partial charge in [0, 0.05) is 23.0 Å². The number of nitrogens with one attached hydrogen (secondary N) is 2. The molecule has 2 aromatic heterocycles. The molecule has 0 fully saturated rings. The first-order valence-electron chi connectivity index (χ1n) is 12.0. The van der Waals surface area contributed by atoms with Crippen LogP contribution in [0.15, 0.2) is 72.1 Å². The second-order valence-corrected chi connectivity index (χ2v) is 9.36. The third kappa shape index (κ3) is 6.44. The molecule has 10 heteroatoms. The van der Waals surface area contributed by atoms with Gasteiger partial charge in [-0.2, -0.15) is 0 Å². The SMILES string of the molecule is CN(C)CCC1COC(Nc2ccc3ncnc(Nc4ccc(OCc5ccccn5)c(Cl)c4)c3c2)=N1. The first-order chi connectivity index (χ1) is 18.0. The van der Waals surface area contributed by atoms with Crippen molar-refractivity contribution < 1.29 is 9.47 Å². The molecule has 0 spiro atoms. The number of halogens is 1. The van der Waals surface area contributed by atoms with E-state index in [0.29, 0.717) is 35.8 Å². The van der Waals surface area contributed by atoms with Crippen molar-refractivity contribution in [3.63, 3.8) is 0 Å². The van der Waals surface area contributed by atoms with Gasteiger partial charge in [-0.25, -0.2) is 15.0 Å². The molecule has 1 aliphatic rings. The molecular formula is C27H28ClN7O2. The van der Waals surface area contributed by atoms with Crippen LogP contribution in [0.2, 0.25) is 5.02 Å². The van der Waals surface area contributed by atoms with Crippen molar-refractivity contribution in [1.29, 1.82) is 0 Å². The number of rotatable bonds is 9. The van der Waals surface area contributed by atoms with Crippen LogP contribution in [0.3, 0.4) is 0 Å². The summed E-state index contributed by atoms with van der Waals surface area (Å²) in [6.45, 7) is 1.89. The van der Waals surface area contributed by atoms with E-state index in [0.717, 1.165) is 40.9 Å². The fourth-order valence-corrected chi connectivity index (χ4v) is 4.10. The molecule has 2 aromatic carbocycles. The van der Waals surface area contributed by atoms with Crippen LogP contribution in [0.4, 0.5) is 17.2 Å². The number of hydrogen-bond acceptors (Lipinski definition) is 9. The third-order valence-corrected chi connectivity index (χ3v) is 6.10. The molecule has 190 valence electrons. The molecule has 1 aliphatic heterocycles. The first-order valence-corrected chi connectivity index (χ1v) is 12.4. The zero-order valence-electron chi connectivity index (χ0n) is 20.7. The van der Waals surface area contributed by atoms with E-state index in [2.05, 4.69) is 49.6 Å². The predicted molar refractivity (Wildman–Crippen MR) is 147 cm³/mol. The zero-order chi connectivity index (χ0) is 25.6. The van der Waals surface area contributed by atoms with Crippen LogP contribution in [0.25, 0.3) is 10.9 Å². The lowest BCUT2D eigenvalue weighted by Crippen LogP contribution is -2.19. The van der Waals surface area contributed by atoms with Crippen LogP contribution in [0.5, 0.6) is 5.75 Å². The van der Waals surface area contributed by atoms with Gasteiger partial charge in [0.05, 0.1) is 22.3 Å². The number of amidine groups is 1. The quantitative estimate of drug-likeness (QED) is 0.316. The summed E-state index contributed by atoms with van der Waals surface area (Å²) in [5, 5.41) is 7.96. The van der Waals surface area contributed by atoms with Crippen LogP contribution in [0.1, 0.15) is 12.1 Å². The van der Waals surface area contributed by atoms with Crippen molar-refractivity contribution >= 4 is 45.7 Å². The number of pyridine rings is 1. The molecule has 3 heterocycles. The fourth-order valence-electron chi connectivity index (χ4n) is 3.86. The second-order valence-electron chi connectivity index (χ2n) is 8.95. The molecule has 0 saturated heterocycles. The molecule has 0 bridgehead atoms. The standard InChI is InChI=1S/C27H28ClN7O2/c1-35(2)12-10-21-16-37-27(34-21)33-18-6-8-24-22(13-18)26(31-17-30-24)32-19-7-9-25(23(28)14-19)36-15-20-5-3-4-11-29-20/h3-9,11,13-14,17,21H,10,12,15-16H2,1-2H3,(H,33,34)(H,30,31,32). The number of benzene rings is 2. The summed E-state index contributed by atoms with van der Waals surface area (Å²) >= 11 is 6.49. The molecule has 37 heavy (non-hydrogen) atoms. The Hall–Kier alpha value is -3.95. The Bertz CT molecular complexity index is 1400. The van der Waals surface area contributed by atoms with Gasteiger partial charge in [0.25, 0.3) is 6.02 Å². The summed E-state index contributed by atoms with van der Waals surface area (Å²) in [6, 6.07) is 17.8. The van der Waals surface area contributed by atoms with E-state index in [1.54, 1.807) is 12.3 Å². The molecule has 0 radical (unpaired) electrons. The van der Waals surface area contributed by atoms with Crippen LogP contribution < -0.4 is 15.4 Å². The van der Waals surface area contributed by atoms with Crippen molar-refractivity contribution in [2.24, 2.45) is 4.99 Å². The Balaban J connectivity index is 1.29. The maximum Gasteiger partial charge on any atom is 0.289 e. The van der Waals surface area contributed by atoms with Crippen LogP contribution >= 0.6 is 11.6 Å². The first kappa shape index (κ1) is 24.7. The molecule has 0 saturated carbocycles. The van der Waals surface area contributed by atoms with Crippen molar-refractivity contribution in [3.05, 3.63) is 77.8 Å². The van der Waals surface area contributed by atoms with E-state index >= 15 is 0 Å². The average Bonchev–Trinajstić information content (AvgIpc) is 3.35. The van der Waals surface area contributed by atoms with Gasteiger partial charge in [-0.05, 0) is 75.6 Å². The zero-order valence-corrected chi connectivity index (χ0v) is 21.4. The molecule has 1 unspecified atom stereocenters. The van der Waals surface area contributed by atoms with Gasteiger partial charge in [-0.15, -0.1) is 0 Å². The normalized spacial score (nSPS) is 14.9. The summed E-state index contributed by atoms with van der Waals surface area (Å²) in [6.07, 6.45) is 4.22. The van der Waals surface area contributed by atoms with E-state index < -0.39 is 0 Å². The number of aromatic nitrogens is 3. The second kappa shape index (κ2) is 11.4. The maximum atomic E-state index is 6.49. The van der Waals surface area contributed by atoms with Gasteiger partial charge < -0.3 is 25.0 Å². The maximum absolute atomic E-state index is 6.49. The van der Waals surface area contributed by atoms with Gasteiger partial charge in [0.1, 0.15) is 31.1 Å². The highest BCUT2D eigenvalue weighted by atomic mass is 35.5. The molecule has 0 aliphatic carbocycles. The number of anilines is 3. The molecule has 4 aromatic rings. The summed E-state index contributed by atoms with van der Waals surface area (Å²) in [5.41, 5.74) is 3.26. The third-order valence-electron chi connectivity index (χ3n) is 5.80. The molecule has 9 nitrogen and oxygen atoms in total. The number of ether oxygens (including phenoxy) is 2. The van der Waals surface area contributed by atoms with Gasteiger partial charge in [-0.1, -0.05) is 17.7 Å². The van der Waals surface area contributed by atoms with E-state index in [1.807, 2.05) is 48.5 Å². The van der Waals surface area contributed by atoms with Gasteiger partial charge in [-0.3, -0.25) is 4.98 Å². The molecule has 1 atom stereocenters. The summed E-state index contributed by atoms with van der Waals surface area (Å²) in [7, 11) is 4.11. The largest absolute Gasteiger partial charge is 0.486 e. The van der Waals surface area contributed by atoms with Crippen molar-refractivity contribution in [3.8, 4) is 5.75 Å². The number of hydrogen-bond donors (Lipinski definition) is 2. The smallest absolute Gasteiger partial charge is 0.289 e. The lowest BCUT2D eigenvalue weighted by Gasteiger charge is -2.12. The Morgan fingerprint density at radius 2 is 1.89 bits per heavy atom. The lowest BCUT2D eigenvalue weighted by molar-refractivity contribution is 0.294. The minimum Gasteiger partial charge on any atom is -0.486 e. The highest BCUT2D eigenvalue weighted by Gasteiger charge is 2.19.